The van der Waals surface area contributed by atoms with Gasteiger partial charge in [0.05, 0.1) is 6.04 Å². The van der Waals surface area contributed by atoms with Gasteiger partial charge in [0.25, 0.3) is 0 Å². The molecule has 1 aliphatic rings. The van der Waals surface area contributed by atoms with Crippen molar-refractivity contribution >= 4 is 17.5 Å². The Labute approximate surface area is 150 Å². The van der Waals surface area contributed by atoms with Gasteiger partial charge < -0.3 is 20.9 Å². The van der Waals surface area contributed by atoms with Crippen LogP contribution in [0.15, 0.2) is 30.3 Å². The van der Waals surface area contributed by atoms with Gasteiger partial charge in [-0.15, -0.1) is 0 Å². The van der Waals surface area contributed by atoms with E-state index in [2.05, 4.69) is 22.3 Å². The normalized spacial score (nSPS) is 17.1. The van der Waals surface area contributed by atoms with Crippen molar-refractivity contribution in [2.24, 2.45) is 11.7 Å². The summed E-state index contributed by atoms with van der Waals surface area (Å²) in [6.07, 6.45) is 1.18. The first-order valence-electron chi connectivity index (χ1n) is 9.14. The van der Waals surface area contributed by atoms with Crippen LogP contribution in [0.4, 0.5) is 5.69 Å². The highest BCUT2D eigenvalue weighted by atomic mass is 16.2. The number of anilines is 1. The van der Waals surface area contributed by atoms with Crippen LogP contribution in [0.5, 0.6) is 0 Å². The van der Waals surface area contributed by atoms with E-state index in [0.717, 1.165) is 19.5 Å². The number of piperazine rings is 1. The zero-order chi connectivity index (χ0) is 18.2. The molecule has 0 saturated carbocycles. The molecule has 3 N–H and O–H groups in total. The van der Waals surface area contributed by atoms with Crippen LogP contribution in [-0.2, 0) is 9.59 Å². The van der Waals surface area contributed by atoms with Gasteiger partial charge in [-0.25, -0.2) is 0 Å². The molecule has 2 rings (SSSR count). The molecule has 2 atom stereocenters. The van der Waals surface area contributed by atoms with Gasteiger partial charge in [0.2, 0.25) is 11.8 Å². The average Bonchev–Trinajstić information content (AvgIpc) is 2.67. The first-order valence-corrected chi connectivity index (χ1v) is 9.14. The summed E-state index contributed by atoms with van der Waals surface area (Å²) in [5.74, 6) is 0.0583. The number of hydrogen-bond donors (Lipinski definition) is 2. The number of para-hydroxylation sites is 1. The van der Waals surface area contributed by atoms with Crippen molar-refractivity contribution in [2.45, 2.75) is 32.7 Å². The van der Waals surface area contributed by atoms with Crippen molar-refractivity contribution in [3.8, 4) is 0 Å². The molecule has 138 valence electrons. The molecule has 0 aromatic heterocycles. The van der Waals surface area contributed by atoms with E-state index in [4.69, 9.17) is 5.73 Å². The Bertz CT molecular complexity index is 556. The predicted molar refractivity (Wildman–Crippen MR) is 100 cm³/mol. The van der Waals surface area contributed by atoms with Crippen LogP contribution in [0.25, 0.3) is 0 Å². The molecule has 0 aliphatic carbocycles. The molecule has 1 aromatic carbocycles. The number of carbonyl (C=O) groups is 2. The minimum atomic E-state index is -0.505. The summed E-state index contributed by atoms with van der Waals surface area (Å²) >= 11 is 0. The van der Waals surface area contributed by atoms with Crippen molar-refractivity contribution in [3.63, 3.8) is 0 Å². The maximum Gasteiger partial charge on any atom is 0.237 e. The standard InChI is InChI=1S/C19H30N4O2/c1-3-15(2)18(20)19(25)21-10-9-17(24)23-13-11-22(12-14-23)16-7-5-4-6-8-16/h4-8,15,18H,3,9-14,20H2,1-2H3,(H,21,25). The highest BCUT2D eigenvalue weighted by molar-refractivity contribution is 5.83. The summed E-state index contributed by atoms with van der Waals surface area (Å²) in [5.41, 5.74) is 7.08. The largest absolute Gasteiger partial charge is 0.368 e. The number of rotatable bonds is 7. The van der Waals surface area contributed by atoms with E-state index in [-0.39, 0.29) is 17.7 Å². The summed E-state index contributed by atoms with van der Waals surface area (Å²) in [5, 5.41) is 2.78. The summed E-state index contributed by atoms with van der Waals surface area (Å²) < 4.78 is 0. The second-order valence-corrected chi connectivity index (χ2v) is 6.66. The fourth-order valence-electron chi connectivity index (χ4n) is 2.93. The lowest BCUT2D eigenvalue weighted by molar-refractivity contribution is -0.131. The van der Waals surface area contributed by atoms with Crippen LogP contribution in [0.1, 0.15) is 26.7 Å². The van der Waals surface area contributed by atoms with Crippen molar-refractivity contribution in [3.05, 3.63) is 30.3 Å². The molecular weight excluding hydrogens is 316 g/mol. The lowest BCUT2D eigenvalue weighted by Crippen LogP contribution is -2.50. The fraction of sp³-hybridized carbons (Fsp3) is 0.579. The van der Waals surface area contributed by atoms with Crippen LogP contribution >= 0.6 is 0 Å². The van der Waals surface area contributed by atoms with Crippen molar-refractivity contribution in [1.29, 1.82) is 0 Å². The van der Waals surface area contributed by atoms with E-state index < -0.39 is 6.04 Å². The Morgan fingerprint density at radius 1 is 1.16 bits per heavy atom. The average molecular weight is 346 g/mol. The third-order valence-electron chi connectivity index (χ3n) is 4.95. The minimum Gasteiger partial charge on any atom is -0.368 e. The number of nitrogens with two attached hydrogens (primary N) is 1. The predicted octanol–water partition coefficient (Wildman–Crippen LogP) is 1.21. The fourth-order valence-corrected chi connectivity index (χ4v) is 2.93. The highest BCUT2D eigenvalue weighted by Crippen LogP contribution is 2.15. The van der Waals surface area contributed by atoms with Crippen molar-refractivity contribution in [1.82, 2.24) is 10.2 Å². The Morgan fingerprint density at radius 2 is 1.80 bits per heavy atom. The molecule has 1 fully saturated rings. The van der Waals surface area contributed by atoms with Gasteiger partial charge in [-0.2, -0.15) is 0 Å². The number of hydrogen-bond acceptors (Lipinski definition) is 4. The molecule has 6 heteroatoms. The van der Waals surface area contributed by atoms with Crippen LogP contribution in [0.2, 0.25) is 0 Å². The number of amides is 2. The number of benzene rings is 1. The van der Waals surface area contributed by atoms with Crippen LogP contribution in [0, 0.1) is 5.92 Å². The van der Waals surface area contributed by atoms with Crippen LogP contribution in [0.3, 0.4) is 0 Å². The topological polar surface area (TPSA) is 78.7 Å². The smallest absolute Gasteiger partial charge is 0.237 e. The van der Waals surface area contributed by atoms with E-state index in [1.54, 1.807) is 0 Å². The lowest BCUT2D eigenvalue weighted by atomic mass is 9.99. The molecule has 1 aliphatic heterocycles. The zero-order valence-electron chi connectivity index (χ0n) is 15.3. The van der Waals surface area contributed by atoms with Gasteiger partial charge in [0.1, 0.15) is 0 Å². The summed E-state index contributed by atoms with van der Waals surface area (Å²) in [4.78, 5) is 28.4. The van der Waals surface area contributed by atoms with Gasteiger partial charge in [-0.3, -0.25) is 9.59 Å². The van der Waals surface area contributed by atoms with Gasteiger partial charge in [-0.05, 0) is 18.1 Å². The third kappa shape index (κ3) is 5.46. The van der Waals surface area contributed by atoms with Crippen LogP contribution in [-0.4, -0.2) is 55.5 Å². The maximum absolute atomic E-state index is 12.3. The molecule has 0 bridgehead atoms. The molecule has 0 radical (unpaired) electrons. The highest BCUT2D eigenvalue weighted by Gasteiger charge is 2.22. The minimum absolute atomic E-state index is 0.0881. The molecular formula is C19H30N4O2. The molecule has 1 heterocycles. The zero-order valence-corrected chi connectivity index (χ0v) is 15.3. The quantitative estimate of drug-likeness (QED) is 0.778. The number of carbonyl (C=O) groups excluding carboxylic acids is 2. The van der Waals surface area contributed by atoms with Crippen molar-refractivity contribution < 1.29 is 9.59 Å². The van der Waals surface area contributed by atoms with E-state index >= 15 is 0 Å². The molecule has 1 saturated heterocycles. The van der Waals surface area contributed by atoms with Gasteiger partial charge >= 0.3 is 0 Å². The van der Waals surface area contributed by atoms with E-state index in [0.29, 0.717) is 26.1 Å². The molecule has 2 amide bonds. The van der Waals surface area contributed by atoms with Gasteiger partial charge in [0, 0.05) is 44.8 Å². The second kappa shape index (κ2) is 9.42. The van der Waals surface area contributed by atoms with Gasteiger partial charge in [-0.1, -0.05) is 38.5 Å². The first kappa shape index (κ1) is 19.2. The Kier molecular flexibility index (Phi) is 7.25. The van der Waals surface area contributed by atoms with Crippen molar-refractivity contribution in [2.75, 3.05) is 37.6 Å². The third-order valence-corrected chi connectivity index (χ3v) is 4.95. The van der Waals surface area contributed by atoms with E-state index in [9.17, 15) is 9.59 Å². The van der Waals surface area contributed by atoms with Crippen LogP contribution < -0.4 is 16.0 Å². The van der Waals surface area contributed by atoms with E-state index in [1.165, 1.54) is 5.69 Å². The van der Waals surface area contributed by atoms with E-state index in [1.807, 2.05) is 36.9 Å². The number of nitrogens with one attached hydrogen (secondary N) is 1. The molecule has 25 heavy (non-hydrogen) atoms. The maximum atomic E-state index is 12.3. The molecule has 0 spiro atoms. The first-order chi connectivity index (χ1) is 12.0. The monoisotopic (exact) mass is 346 g/mol. The number of nitrogens with zero attached hydrogens (tertiary/aromatic N) is 2. The summed E-state index contributed by atoms with van der Waals surface area (Å²) in [6.45, 7) is 7.42. The SMILES string of the molecule is CCC(C)C(N)C(=O)NCCC(=O)N1CCN(c2ccccc2)CC1. The lowest BCUT2D eigenvalue weighted by Gasteiger charge is -2.36. The summed E-state index contributed by atoms with van der Waals surface area (Å²) in [7, 11) is 0. The van der Waals surface area contributed by atoms with Gasteiger partial charge in [0.15, 0.2) is 0 Å². The second-order valence-electron chi connectivity index (χ2n) is 6.66. The Morgan fingerprint density at radius 3 is 2.40 bits per heavy atom. The molecule has 2 unspecified atom stereocenters. The molecule has 6 nitrogen and oxygen atoms in total. The summed E-state index contributed by atoms with van der Waals surface area (Å²) in [6, 6.07) is 9.74. The molecule has 1 aromatic rings. The Hall–Kier alpha value is -2.08. The Balaban J connectivity index is 1.70.